The zero-order valence-electron chi connectivity index (χ0n) is 15.3. The van der Waals surface area contributed by atoms with Crippen LogP contribution in [-0.2, 0) is 0 Å². The summed E-state index contributed by atoms with van der Waals surface area (Å²) in [6.07, 6.45) is 10.3. The third-order valence-corrected chi connectivity index (χ3v) is 3.87. The molecule has 134 valence electrons. The second-order valence-corrected chi connectivity index (χ2v) is 6.14. The second-order valence-electron chi connectivity index (χ2n) is 6.14. The molecule has 4 nitrogen and oxygen atoms in total. The van der Waals surface area contributed by atoms with Gasteiger partial charge in [0.2, 0.25) is 0 Å². The molecule has 0 aliphatic rings. The minimum atomic E-state index is -0.205. The van der Waals surface area contributed by atoms with Crippen LogP contribution in [0, 0.1) is 0 Å². The van der Waals surface area contributed by atoms with Crippen molar-refractivity contribution in [1.29, 1.82) is 0 Å². The SMILES string of the molecule is CCCCCCN=C(CCCCCC)NC(=O)Nc1ccccc1. The zero-order chi connectivity index (χ0) is 17.5. The molecule has 0 saturated carbocycles. The topological polar surface area (TPSA) is 53.5 Å². The number of para-hydroxylation sites is 1. The first kappa shape index (κ1) is 20.2. The van der Waals surface area contributed by atoms with Gasteiger partial charge >= 0.3 is 6.03 Å². The molecule has 0 spiro atoms. The Morgan fingerprint density at radius 2 is 1.58 bits per heavy atom. The average Bonchev–Trinajstić information content (AvgIpc) is 2.59. The van der Waals surface area contributed by atoms with Crippen molar-refractivity contribution in [1.82, 2.24) is 5.32 Å². The van der Waals surface area contributed by atoms with E-state index < -0.39 is 0 Å². The molecule has 0 unspecified atom stereocenters. The fraction of sp³-hybridized carbons (Fsp3) is 0.600. The van der Waals surface area contributed by atoms with Crippen LogP contribution in [0.25, 0.3) is 0 Å². The van der Waals surface area contributed by atoms with Crippen molar-refractivity contribution < 1.29 is 4.79 Å². The van der Waals surface area contributed by atoms with E-state index in [4.69, 9.17) is 0 Å². The number of nitrogens with zero attached hydrogens (tertiary/aromatic N) is 1. The molecule has 0 heterocycles. The van der Waals surface area contributed by atoms with Crippen molar-refractivity contribution in [2.45, 2.75) is 71.6 Å². The average molecular weight is 332 g/mol. The van der Waals surface area contributed by atoms with E-state index in [0.717, 1.165) is 37.3 Å². The summed E-state index contributed by atoms with van der Waals surface area (Å²) in [5, 5.41) is 5.79. The summed E-state index contributed by atoms with van der Waals surface area (Å²) >= 11 is 0. The molecule has 0 aliphatic carbocycles. The van der Waals surface area contributed by atoms with Gasteiger partial charge in [0.05, 0.1) is 0 Å². The quantitative estimate of drug-likeness (QED) is 0.302. The van der Waals surface area contributed by atoms with Crippen LogP contribution in [0.5, 0.6) is 0 Å². The Morgan fingerprint density at radius 3 is 2.25 bits per heavy atom. The van der Waals surface area contributed by atoms with Crippen molar-refractivity contribution in [2.24, 2.45) is 4.99 Å². The van der Waals surface area contributed by atoms with Crippen LogP contribution >= 0.6 is 0 Å². The molecule has 2 amide bonds. The number of rotatable bonds is 11. The number of unbranched alkanes of at least 4 members (excludes halogenated alkanes) is 6. The van der Waals surface area contributed by atoms with E-state index in [1.54, 1.807) is 0 Å². The largest absolute Gasteiger partial charge is 0.324 e. The molecule has 1 aromatic carbocycles. The molecule has 0 bridgehead atoms. The Hall–Kier alpha value is -1.84. The maximum Gasteiger partial charge on any atom is 0.324 e. The molecular weight excluding hydrogens is 298 g/mol. The van der Waals surface area contributed by atoms with E-state index in [2.05, 4.69) is 29.5 Å². The third-order valence-electron chi connectivity index (χ3n) is 3.87. The molecule has 0 radical (unpaired) electrons. The number of carbonyl (C=O) groups is 1. The smallest absolute Gasteiger partial charge is 0.308 e. The molecule has 1 rings (SSSR count). The Kier molecular flexibility index (Phi) is 11.4. The summed E-state index contributed by atoms with van der Waals surface area (Å²) in [4.78, 5) is 16.8. The molecule has 1 aromatic rings. The molecule has 2 N–H and O–H groups in total. The van der Waals surface area contributed by atoms with Crippen molar-refractivity contribution >= 4 is 17.6 Å². The molecule has 4 heteroatoms. The van der Waals surface area contributed by atoms with Gasteiger partial charge in [0.25, 0.3) is 0 Å². The third kappa shape index (κ3) is 10.0. The molecule has 0 saturated heterocycles. The normalized spacial score (nSPS) is 11.3. The number of benzene rings is 1. The maximum atomic E-state index is 12.1. The predicted octanol–water partition coefficient (Wildman–Crippen LogP) is 5.76. The van der Waals surface area contributed by atoms with E-state index in [0.29, 0.717) is 0 Å². The summed E-state index contributed by atoms with van der Waals surface area (Å²) < 4.78 is 0. The first-order valence-corrected chi connectivity index (χ1v) is 9.42. The highest BCUT2D eigenvalue weighted by molar-refractivity contribution is 6.03. The van der Waals surface area contributed by atoms with Crippen LogP contribution in [0.3, 0.4) is 0 Å². The summed E-state index contributed by atoms with van der Waals surface area (Å²) in [6, 6.07) is 9.29. The Labute approximate surface area is 147 Å². The van der Waals surface area contributed by atoms with Crippen LogP contribution < -0.4 is 10.6 Å². The second kappa shape index (κ2) is 13.6. The molecule has 24 heavy (non-hydrogen) atoms. The van der Waals surface area contributed by atoms with Gasteiger partial charge in [-0.1, -0.05) is 70.6 Å². The highest BCUT2D eigenvalue weighted by atomic mass is 16.2. The summed E-state index contributed by atoms with van der Waals surface area (Å²) in [5.41, 5.74) is 0.795. The molecular formula is C20H33N3O. The number of nitrogens with one attached hydrogen (secondary N) is 2. The van der Waals surface area contributed by atoms with Gasteiger partial charge in [-0.2, -0.15) is 0 Å². The Morgan fingerprint density at radius 1 is 0.917 bits per heavy atom. The Balaban J connectivity index is 2.45. The number of urea groups is 1. The monoisotopic (exact) mass is 331 g/mol. The number of anilines is 1. The lowest BCUT2D eigenvalue weighted by Crippen LogP contribution is -2.34. The van der Waals surface area contributed by atoms with Crippen LogP contribution in [0.15, 0.2) is 35.3 Å². The summed E-state index contributed by atoms with van der Waals surface area (Å²) in [6.45, 7) is 5.21. The maximum absolute atomic E-state index is 12.1. The lowest BCUT2D eigenvalue weighted by Gasteiger charge is -2.11. The van der Waals surface area contributed by atoms with Gasteiger partial charge < -0.3 is 5.32 Å². The fourth-order valence-electron chi connectivity index (χ4n) is 2.47. The minimum Gasteiger partial charge on any atom is -0.308 e. The van der Waals surface area contributed by atoms with Gasteiger partial charge in [-0.3, -0.25) is 10.3 Å². The standard InChI is InChI=1S/C20H33N3O/c1-3-5-7-12-16-19(21-17-13-8-6-4-2)23-20(24)22-18-14-10-9-11-15-18/h9-11,14-15H,3-8,12-13,16-17H2,1-2H3,(H2,21,22,23,24). The Bertz CT molecular complexity index is 471. The van der Waals surface area contributed by atoms with E-state index in [-0.39, 0.29) is 6.03 Å². The number of amides is 2. The van der Waals surface area contributed by atoms with Crippen LogP contribution in [0.2, 0.25) is 0 Å². The number of amidine groups is 1. The molecule has 0 atom stereocenters. The van der Waals surface area contributed by atoms with Crippen LogP contribution in [-0.4, -0.2) is 18.4 Å². The van der Waals surface area contributed by atoms with Gasteiger partial charge in [0.1, 0.15) is 5.84 Å². The number of carbonyl (C=O) groups excluding carboxylic acids is 1. The molecule has 0 aliphatic heterocycles. The molecule has 0 aromatic heterocycles. The van der Waals surface area contributed by atoms with E-state index in [9.17, 15) is 4.79 Å². The van der Waals surface area contributed by atoms with E-state index in [1.807, 2.05) is 30.3 Å². The highest BCUT2D eigenvalue weighted by Gasteiger charge is 2.06. The van der Waals surface area contributed by atoms with Crippen molar-refractivity contribution in [2.75, 3.05) is 11.9 Å². The van der Waals surface area contributed by atoms with Crippen molar-refractivity contribution in [3.63, 3.8) is 0 Å². The van der Waals surface area contributed by atoms with Gasteiger partial charge in [-0.15, -0.1) is 0 Å². The number of aliphatic imine (C=N–C) groups is 1. The summed E-state index contributed by atoms with van der Waals surface area (Å²) in [5.74, 6) is 0.816. The van der Waals surface area contributed by atoms with Crippen LogP contribution in [0.4, 0.5) is 10.5 Å². The summed E-state index contributed by atoms with van der Waals surface area (Å²) in [7, 11) is 0. The van der Waals surface area contributed by atoms with Crippen molar-refractivity contribution in [3.05, 3.63) is 30.3 Å². The highest BCUT2D eigenvalue weighted by Crippen LogP contribution is 2.06. The zero-order valence-corrected chi connectivity index (χ0v) is 15.3. The van der Waals surface area contributed by atoms with E-state index >= 15 is 0 Å². The van der Waals surface area contributed by atoms with Gasteiger partial charge in [-0.25, -0.2) is 4.79 Å². The van der Waals surface area contributed by atoms with Gasteiger partial charge in [-0.05, 0) is 25.0 Å². The number of hydrogen-bond acceptors (Lipinski definition) is 2. The van der Waals surface area contributed by atoms with E-state index in [1.165, 1.54) is 38.5 Å². The first-order chi connectivity index (χ1) is 11.8. The van der Waals surface area contributed by atoms with Crippen molar-refractivity contribution in [3.8, 4) is 0 Å². The molecule has 0 fully saturated rings. The fourth-order valence-corrected chi connectivity index (χ4v) is 2.47. The minimum absolute atomic E-state index is 0.205. The number of hydrogen-bond donors (Lipinski definition) is 2. The predicted molar refractivity (Wildman–Crippen MR) is 104 cm³/mol. The van der Waals surface area contributed by atoms with Gasteiger partial charge in [0.15, 0.2) is 0 Å². The lowest BCUT2D eigenvalue weighted by molar-refractivity contribution is 0.256. The van der Waals surface area contributed by atoms with Crippen LogP contribution in [0.1, 0.15) is 71.6 Å². The lowest BCUT2D eigenvalue weighted by atomic mass is 10.1. The van der Waals surface area contributed by atoms with Gasteiger partial charge in [0, 0.05) is 18.7 Å². The first-order valence-electron chi connectivity index (χ1n) is 9.42.